The first kappa shape index (κ1) is 29.7. The quantitative estimate of drug-likeness (QED) is 0.149. The van der Waals surface area contributed by atoms with Crippen molar-refractivity contribution in [3.63, 3.8) is 0 Å². The average Bonchev–Trinajstić information content (AvgIpc) is 3.29. The number of nitrogens with one attached hydrogen (secondary N) is 3. The highest BCUT2D eigenvalue weighted by Crippen LogP contribution is 2.32. The standard InChI is InChI=1S/C14H10Cl2FN3.C13H10ClF2N5/c1-7-3-4-10(15)11(5-7)19-14-12(17)8(2)9(6-18)13(16)20-14;1-5-2-3-7(14)10(9(5)16)18-13-8(15)4-6-11(17)20-21-12(6)19-13/h3-5H,1-2H3,(H,19,20);2-4H,1H3,(H4,17,18,19,20,21). The maximum atomic E-state index is 14.2. The smallest absolute Gasteiger partial charge is 0.185 e. The number of fused-ring (bicyclic) bond motifs is 1. The number of hydrogen-bond acceptors (Lipinski definition) is 7. The number of H-pyrrole nitrogens is 1. The van der Waals surface area contributed by atoms with Gasteiger partial charge in [0.15, 0.2) is 34.7 Å². The van der Waals surface area contributed by atoms with Gasteiger partial charge in [-0.3, -0.25) is 5.10 Å². The van der Waals surface area contributed by atoms with E-state index in [4.69, 9.17) is 45.8 Å². The Morgan fingerprint density at radius 2 is 1.61 bits per heavy atom. The van der Waals surface area contributed by atoms with E-state index in [0.29, 0.717) is 21.7 Å². The second-order valence-electron chi connectivity index (χ2n) is 8.79. The fraction of sp³-hybridized carbons (Fsp3) is 0.111. The number of rotatable bonds is 4. The van der Waals surface area contributed by atoms with E-state index in [1.165, 1.54) is 25.1 Å². The summed E-state index contributed by atoms with van der Waals surface area (Å²) in [5.74, 6) is -1.90. The van der Waals surface area contributed by atoms with Crippen molar-refractivity contribution in [1.29, 1.82) is 5.26 Å². The van der Waals surface area contributed by atoms with Crippen LogP contribution in [0.1, 0.15) is 22.3 Å². The Kier molecular flexibility index (Phi) is 8.77. The third-order valence-electron chi connectivity index (χ3n) is 5.87. The van der Waals surface area contributed by atoms with Crippen LogP contribution in [0, 0.1) is 49.6 Å². The average molecular weight is 620 g/mol. The first-order valence-electron chi connectivity index (χ1n) is 11.7. The summed E-state index contributed by atoms with van der Waals surface area (Å²) >= 11 is 17.8. The van der Waals surface area contributed by atoms with Crippen molar-refractivity contribution in [3.8, 4) is 6.07 Å². The van der Waals surface area contributed by atoms with Crippen LogP contribution in [0.2, 0.25) is 15.2 Å². The van der Waals surface area contributed by atoms with Crippen LogP contribution in [0.15, 0.2) is 36.4 Å². The number of aromatic nitrogens is 4. The molecule has 2 aromatic carbocycles. The minimum atomic E-state index is -0.687. The fourth-order valence-electron chi connectivity index (χ4n) is 3.63. The maximum Gasteiger partial charge on any atom is 0.185 e. The van der Waals surface area contributed by atoms with Crippen molar-refractivity contribution in [2.45, 2.75) is 20.8 Å². The van der Waals surface area contributed by atoms with Gasteiger partial charge in [-0.15, -0.1) is 0 Å². The molecule has 0 fully saturated rings. The molecule has 0 aliphatic rings. The molecule has 0 unspecified atom stereocenters. The van der Waals surface area contributed by atoms with Gasteiger partial charge in [0.25, 0.3) is 0 Å². The Hall–Kier alpha value is -4.24. The Balaban J connectivity index is 0.000000189. The van der Waals surface area contributed by atoms with E-state index in [2.05, 4.69) is 30.8 Å². The van der Waals surface area contributed by atoms with Gasteiger partial charge in [-0.25, -0.2) is 23.1 Å². The summed E-state index contributed by atoms with van der Waals surface area (Å²) in [5.41, 5.74) is 7.83. The number of pyridine rings is 2. The highest BCUT2D eigenvalue weighted by atomic mass is 35.5. The first-order chi connectivity index (χ1) is 19.4. The molecular formula is C27H20Cl3F3N8. The van der Waals surface area contributed by atoms with Crippen LogP contribution in [-0.2, 0) is 0 Å². The molecule has 0 bridgehead atoms. The van der Waals surface area contributed by atoms with Crippen LogP contribution in [0.3, 0.4) is 0 Å². The van der Waals surface area contributed by atoms with Gasteiger partial charge in [0, 0.05) is 5.56 Å². The number of aromatic amines is 1. The lowest BCUT2D eigenvalue weighted by Gasteiger charge is -2.12. The molecule has 0 saturated carbocycles. The second-order valence-corrected chi connectivity index (χ2v) is 9.96. The molecule has 5 aromatic rings. The fourth-order valence-corrected chi connectivity index (χ4v) is 4.26. The molecule has 0 aliphatic heterocycles. The number of nitrogen functional groups attached to an aromatic ring is 1. The van der Waals surface area contributed by atoms with E-state index in [-0.39, 0.29) is 50.1 Å². The van der Waals surface area contributed by atoms with Crippen molar-refractivity contribution < 1.29 is 13.2 Å². The van der Waals surface area contributed by atoms with Crippen molar-refractivity contribution in [3.05, 3.63) is 91.3 Å². The number of hydrogen-bond donors (Lipinski definition) is 4. The molecule has 210 valence electrons. The molecular weight excluding hydrogens is 600 g/mol. The van der Waals surface area contributed by atoms with E-state index < -0.39 is 17.5 Å². The summed E-state index contributed by atoms with van der Waals surface area (Å²) in [4.78, 5) is 7.84. The summed E-state index contributed by atoms with van der Waals surface area (Å²) < 4.78 is 42.3. The number of nitrogens with zero attached hydrogens (tertiary/aromatic N) is 4. The lowest BCUT2D eigenvalue weighted by atomic mass is 10.1. The van der Waals surface area contributed by atoms with Gasteiger partial charge < -0.3 is 16.4 Å². The van der Waals surface area contributed by atoms with Crippen LogP contribution in [0.4, 0.5) is 42.0 Å². The van der Waals surface area contributed by atoms with E-state index in [0.717, 1.165) is 5.56 Å². The van der Waals surface area contributed by atoms with E-state index >= 15 is 0 Å². The normalized spacial score (nSPS) is 10.6. The predicted molar refractivity (Wildman–Crippen MR) is 156 cm³/mol. The zero-order valence-corrected chi connectivity index (χ0v) is 23.9. The highest BCUT2D eigenvalue weighted by Gasteiger charge is 2.18. The Morgan fingerprint density at radius 3 is 2.32 bits per heavy atom. The summed E-state index contributed by atoms with van der Waals surface area (Å²) in [6, 6.07) is 11.4. The Labute approximate surface area is 247 Å². The number of halogens is 6. The Bertz CT molecular complexity index is 1840. The van der Waals surface area contributed by atoms with Crippen molar-refractivity contribution in [2.75, 3.05) is 16.4 Å². The van der Waals surface area contributed by atoms with E-state index in [1.54, 1.807) is 19.1 Å². The second kappa shape index (κ2) is 12.1. The molecule has 0 saturated heterocycles. The number of aryl methyl sites for hydroxylation is 2. The zero-order chi connectivity index (χ0) is 30.0. The monoisotopic (exact) mass is 618 g/mol. The van der Waals surface area contributed by atoms with Gasteiger partial charge in [0.1, 0.15) is 17.0 Å². The molecule has 8 nitrogen and oxygen atoms in total. The summed E-state index contributed by atoms with van der Waals surface area (Å²) in [6.45, 7) is 4.95. The zero-order valence-electron chi connectivity index (χ0n) is 21.6. The van der Waals surface area contributed by atoms with E-state index in [1.807, 2.05) is 19.1 Å². The number of benzene rings is 2. The molecule has 3 heterocycles. The van der Waals surface area contributed by atoms with Gasteiger partial charge in [0.05, 0.1) is 32.4 Å². The lowest BCUT2D eigenvalue weighted by molar-refractivity contribution is 0.616. The molecule has 5 rings (SSSR count). The van der Waals surface area contributed by atoms with Gasteiger partial charge in [-0.05, 0) is 56.2 Å². The van der Waals surface area contributed by atoms with Gasteiger partial charge in [-0.2, -0.15) is 10.4 Å². The van der Waals surface area contributed by atoms with Gasteiger partial charge in [0.2, 0.25) is 0 Å². The lowest BCUT2D eigenvalue weighted by Crippen LogP contribution is -2.03. The first-order valence-corrected chi connectivity index (χ1v) is 12.8. The largest absolute Gasteiger partial charge is 0.384 e. The SMILES string of the molecule is Cc1ccc(Cl)c(Nc2nc(Cl)c(C#N)c(C)c2F)c1.Cc1ccc(Cl)c(Nc2nc3n[nH]c(N)c3cc2F)c1F. The van der Waals surface area contributed by atoms with Gasteiger partial charge in [-0.1, -0.05) is 46.9 Å². The van der Waals surface area contributed by atoms with Crippen LogP contribution in [0.5, 0.6) is 0 Å². The molecule has 41 heavy (non-hydrogen) atoms. The summed E-state index contributed by atoms with van der Waals surface area (Å²) in [5, 5.41) is 21.5. The van der Waals surface area contributed by atoms with Crippen molar-refractivity contribution >= 4 is 74.7 Å². The van der Waals surface area contributed by atoms with Crippen molar-refractivity contribution in [2.24, 2.45) is 0 Å². The molecule has 5 N–H and O–H groups in total. The molecule has 0 amide bonds. The van der Waals surface area contributed by atoms with E-state index in [9.17, 15) is 13.2 Å². The number of nitrogens with two attached hydrogens (primary N) is 1. The Morgan fingerprint density at radius 1 is 0.902 bits per heavy atom. The minimum absolute atomic E-state index is 0.0325. The molecule has 0 atom stereocenters. The molecule has 0 radical (unpaired) electrons. The molecule has 0 aliphatic carbocycles. The van der Waals surface area contributed by atoms with Crippen LogP contribution in [0.25, 0.3) is 11.0 Å². The third kappa shape index (κ3) is 6.25. The maximum absolute atomic E-state index is 14.2. The number of nitriles is 1. The topological polar surface area (TPSA) is 128 Å². The van der Waals surface area contributed by atoms with Crippen LogP contribution < -0.4 is 16.4 Å². The summed E-state index contributed by atoms with van der Waals surface area (Å²) in [7, 11) is 0. The predicted octanol–water partition coefficient (Wildman–Crippen LogP) is 8.28. The molecule has 3 aromatic heterocycles. The van der Waals surface area contributed by atoms with Crippen LogP contribution >= 0.6 is 34.8 Å². The van der Waals surface area contributed by atoms with Crippen LogP contribution in [-0.4, -0.2) is 20.2 Å². The van der Waals surface area contributed by atoms with Gasteiger partial charge >= 0.3 is 0 Å². The molecule has 14 heteroatoms. The third-order valence-corrected chi connectivity index (χ3v) is 6.79. The number of anilines is 5. The molecule has 0 spiro atoms. The summed E-state index contributed by atoms with van der Waals surface area (Å²) in [6.07, 6.45) is 0. The highest BCUT2D eigenvalue weighted by molar-refractivity contribution is 6.33. The minimum Gasteiger partial charge on any atom is -0.384 e. The van der Waals surface area contributed by atoms with Crippen molar-refractivity contribution in [1.82, 2.24) is 20.2 Å².